The minimum Gasteiger partial charge on any atom is -0.380 e. The minimum absolute atomic E-state index is 0.486. The molecule has 0 N–H and O–H groups in total. The van der Waals surface area contributed by atoms with Crippen LogP contribution in [0.25, 0.3) is 0 Å². The van der Waals surface area contributed by atoms with E-state index >= 15 is 0 Å². The molecule has 0 radical (unpaired) electrons. The number of likely N-dealkylation sites (tertiary alicyclic amines) is 1. The van der Waals surface area contributed by atoms with Crippen molar-refractivity contribution in [2.75, 3.05) is 32.8 Å². The van der Waals surface area contributed by atoms with E-state index < -0.39 is 0 Å². The van der Waals surface area contributed by atoms with E-state index in [2.05, 4.69) is 32.6 Å². The number of nitrogens with zero attached hydrogens (tertiary/aromatic N) is 1. The van der Waals surface area contributed by atoms with Gasteiger partial charge in [-0.3, -0.25) is 0 Å². The molecular weight excluding hydrogens is 186 g/mol. The monoisotopic (exact) mass is 213 g/mol. The molecule has 0 saturated carbocycles. The summed E-state index contributed by atoms with van der Waals surface area (Å²) < 4.78 is 5.56. The van der Waals surface area contributed by atoms with E-state index in [1.807, 2.05) is 0 Å². The lowest BCUT2D eigenvalue weighted by Gasteiger charge is -2.46. The molecule has 0 aliphatic carbocycles. The van der Waals surface area contributed by atoms with Gasteiger partial charge in [0.05, 0.1) is 6.61 Å². The second-order valence-electron chi connectivity index (χ2n) is 5.79. The Morgan fingerprint density at radius 1 is 1.20 bits per heavy atom. The molecule has 1 heterocycles. The van der Waals surface area contributed by atoms with Crippen LogP contribution in [0.4, 0.5) is 0 Å². The van der Waals surface area contributed by atoms with Crippen LogP contribution in [0.3, 0.4) is 0 Å². The zero-order valence-corrected chi connectivity index (χ0v) is 10.9. The second kappa shape index (κ2) is 5.86. The van der Waals surface area contributed by atoms with Gasteiger partial charge in [-0.2, -0.15) is 0 Å². The third kappa shape index (κ3) is 4.52. The third-order valence-electron chi connectivity index (χ3n) is 3.38. The average molecular weight is 213 g/mol. The molecule has 0 spiro atoms. The topological polar surface area (TPSA) is 12.5 Å². The van der Waals surface area contributed by atoms with Crippen molar-refractivity contribution >= 4 is 0 Å². The van der Waals surface area contributed by atoms with Crippen LogP contribution in [-0.2, 0) is 4.74 Å². The van der Waals surface area contributed by atoms with Crippen LogP contribution in [0.15, 0.2) is 0 Å². The normalized spacial score (nSPS) is 19.2. The number of rotatable bonds is 6. The Bertz CT molecular complexity index is 168. The summed E-state index contributed by atoms with van der Waals surface area (Å²) in [4.78, 5) is 2.50. The first-order valence-electron chi connectivity index (χ1n) is 6.34. The van der Waals surface area contributed by atoms with Gasteiger partial charge in [0.1, 0.15) is 0 Å². The number of ether oxygens (including phenoxy) is 1. The quantitative estimate of drug-likeness (QED) is 0.629. The Kier molecular flexibility index (Phi) is 5.07. The molecule has 0 atom stereocenters. The maximum absolute atomic E-state index is 5.56. The Morgan fingerprint density at radius 2 is 1.87 bits per heavy atom. The van der Waals surface area contributed by atoms with Crippen molar-refractivity contribution in [3.8, 4) is 0 Å². The van der Waals surface area contributed by atoms with Crippen molar-refractivity contribution in [1.82, 2.24) is 4.90 Å². The van der Waals surface area contributed by atoms with Crippen molar-refractivity contribution in [3.05, 3.63) is 0 Å². The standard InChI is InChI=1S/C13H27NO/c1-5-6-8-15-9-7-14-10-12(11-14)13(2,3)4/h12H,5-11H2,1-4H3. The molecule has 90 valence electrons. The highest BCUT2D eigenvalue weighted by atomic mass is 16.5. The molecule has 0 amide bonds. The largest absolute Gasteiger partial charge is 0.380 e. The molecule has 0 unspecified atom stereocenters. The van der Waals surface area contributed by atoms with Gasteiger partial charge in [0, 0.05) is 26.2 Å². The van der Waals surface area contributed by atoms with Gasteiger partial charge in [0.2, 0.25) is 0 Å². The Balaban J connectivity index is 1.94. The molecule has 1 saturated heterocycles. The Labute approximate surface area is 95.0 Å². The van der Waals surface area contributed by atoms with Crippen molar-refractivity contribution in [2.24, 2.45) is 11.3 Å². The molecule has 0 bridgehead atoms. The molecule has 15 heavy (non-hydrogen) atoms. The summed E-state index contributed by atoms with van der Waals surface area (Å²) in [5.41, 5.74) is 0.486. The number of hydrogen-bond acceptors (Lipinski definition) is 2. The van der Waals surface area contributed by atoms with E-state index in [0.29, 0.717) is 5.41 Å². The van der Waals surface area contributed by atoms with Gasteiger partial charge in [0.15, 0.2) is 0 Å². The van der Waals surface area contributed by atoms with Gasteiger partial charge >= 0.3 is 0 Å². The summed E-state index contributed by atoms with van der Waals surface area (Å²) in [6.07, 6.45) is 2.43. The zero-order chi connectivity index (χ0) is 11.3. The van der Waals surface area contributed by atoms with E-state index in [1.165, 1.54) is 25.9 Å². The summed E-state index contributed by atoms with van der Waals surface area (Å²) in [5.74, 6) is 0.883. The Morgan fingerprint density at radius 3 is 2.40 bits per heavy atom. The van der Waals surface area contributed by atoms with Crippen LogP contribution in [-0.4, -0.2) is 37.7 Å². The van der Waals surface area contributed by atoms with Crippen molar-refractivity contribution in [3.63, 3.8) is 0 Å². The number of hydrogen-bond donors (Lipinski definition) is 0. The summed E-state index contributed by atoms with van der Waals surface area (Å²) in [6, 6.07) is 0. The first-order valence-corrected chi connectivity index (χ1v) is 6.34. The molecule has 1 aliphatic rings. The van der Waals surface area contributed by atoms with E-state index in [1.54, 1.807) is 0 Å². The fourth-order valence-electron chi connectivity index (χ4n) is 1.84. The van der Waals surface area contributed by atoms with Crippen LogP contribution in [0.5, 0.6) is 0 Å². The summed E-state index contributed by atoms with van der Waals surface area (Å²) in [7, 11) is 0. The van der Waals surface area contributed by atoms with Gasteiger partial charge < -0.3 is 9.64 Å². The fraction of sp³-hybridized carbons (Fsp3) is 1.00. The van der Waals surface area contributed by atoms with Gasteiger partial charge in [-0.25, -0.2) is 0 Å². The first kappa shape index (κ1) is 13.0. The van der Waals surface area contributed by atoms with E-state index in [-0.39, 0.29) is 0 Å². The van der Waals surface area contributed by atoms with Crippen molar-refractivity contribution in [1.29, 1.82) is 0 Å². The summed E-state index contributed by atoms with van der Waals surface area (Å²) in [6.45, 7) is 14.7. The zero-order valence-electron chi connectivity index (χ0n) is 10.9. The molecule has 1 fully saturated rings. The fourth-order valence-corrected chi connectivity index (χ4v) is 1.84. The molecular formula is C13H27NO. The predicted molar refractivity (Wildman–Crippen MR) is 65.1 cm³/mol. The van der Waals surface area contributed by atoms with Gasteiger partial charge in [-0.1, -0.05) is 34.1 Å². The van der Waals surface area contributed by atoms with Crippen LogP contribution < -0.4 is 0 Å². The van der Waals surface area contributed by atoms with Crippen LogP contribution in [0, 0.1) is 11.3 Å². The molecule has 0 aromatic carbocycles. The summed E-state index contributed by atoms with van der Waals surface area (Å²) >= 11 is 0. The minimum atomic E-state index is 0.486. The first-order chi connectivity index (χ1) is 7.04. The summed E-state index contributed by atoms with van der Waals surface area (Å²) in [5, 5.41) is 0. The highest BCUT2D eigenvalue weighted by Gasteiger charge is 2.34. The molecule has 1 aliphatic heterocycles. The lowest BCUT2D eigenvalue weighted by atomic mass is 9.76. The molecule has 0 aromatic heterocycles. The highest BCUT2D eigenvalue weighted by molar-refractivity contribution is 4.87. The van der Waals surface area contributed by atoms with Gasteiger partial charge in [-0.15, -0.1) is 0 Å². The van der Waals surface area contributed by atoms with Crippen LogP contribution >= 0.6 is 0 Å². The van der Waals surface area contributed by atoms with Gasteiger partial charge in [-0.05, 0) is 17.8 Å². The SMILES string of the molecule is CCCCOCCN1CC(C(C)(C)C)C1. The molecule has 2 heteroatoms. The second-order valence-corrected chi connectivity index (χ2v) is 5.79. The van der Waals surface area contributed by atoms with Gasteiger partial charge in [0.25, 0.3) is 0 Å². The molecule has 1 rings (SSSR count). The third-order valence-corrected chi connectivity index (χ3v) is 3.38. The van der Waals surface area contributed by atoms with Crippen molar-refractivity contribution < 1.29 is 4.74 Å². The smallest absolute Gasteiger partial charge is 0.0593 e. The molecule has 2 nitrogen and oxygen atoms in total. The number of unbranched alkanes of at least 4 members (excludes halogenated alkanes) is 1. The van der Waals surface area contributed by atoms with Crippen LogP contribution in [0.1, 0.15) is 40.5 Å². The maximum Gasteiger partial charge on any atom is 0.0593 e. The van der Waals surface area contributed by atoms with Crippen LogP contribution in [0.2, 0.25) is 0 Å². The lowest BCUT2D eigenvalue weighted by Crippen LogP contribution is -2.52. The van der Waals surface area contributed by atoms with Crippen molar-refractivity contribution in [2.45, 2.75) is 40.5 Å². The average Bonchev–Trinajstić information content (AvgIpc) is 2.05. The van der Waals surface area contributed by atoms with E-state index in [9.17, 15) is 0 Å². The van der Waals surface area contributed by atoms with E-state index in [0.717, 1.165) is 25.7 Å². The highest BCUT2D eigenvalue weighted by Crippen LogP contribution is 2.33. The maximum atomic E-state index is 5.56. The molecule has 0 aromatic rings. The van der Waals surface area contributed by atoms with E-state index in [4.69, 9.17) is 4.74 Å². The predicted octanol–water partition coefficient (Wildman–Crippen LogP) is 2.78. The lowest BCUT2D eigenvalue weighted by molar-refractivity contribution is 0.00178. The Hall–Kier alpha value is -0.0800.